The third-order valence-corrected chi connectivity index (χ3v) is 8.90. The largest absolute Gasteiger partial charge is 0.508 e. The van der Waals surface area contributed by atoms with Crippen molar-refractivity contribution in [1.82, 2.24) is 14.8 Å². The maximum Gasteiger partial charge on any atom is 0.255 e. The number of amides is 2. The smallest absolute Gasteiger partial charge is 0.255 e. The average molecular weight is 586 g/mol. The van der Waals surface area contributed by atoms with Crippen molar-refractivity contribution in [2.24, 2.45) is 0 Å². The number of hydrogen-bond acceptors (Lipinski definition) is 7. The number of anilines is 2. The molecule has 2 amide bonds. The van der Waals surface area contributed by atoms with Crippen LogP contribution in [0.15, 0.2) is 72.2 Å². The second-order valence-electron chi connectivity index (χ2n) is 11.0. The predicted molar refractivity (Wildman–Crippen MR) is 162 cm³/mol. The molecule has 0 bridgehead atoms. The molecule has 3 heterocycles. The summed E-state index contributed by atoms with van der Waals surface area (Å²) in [5, 5.41) is 15.3. The zero-order valence-corrected chi connectivity index (χ0v) is 24.3. The van der Waals surface area contributed by atoms with Crippen LogP contribution in [0.25, 0.3) is 11.1 Å². The summed E-state index contributed by atoms with van der Waals surface area (Å²) in [7, 11) is 4.27. The van der Waals surface area contributed by atoms with Gasteiger partial charge in [0.05, 0.1) is 0 Å². The first-order valence-corrected chi connectivity index (χ1v) is 14.8. The quantitative estimate of drug-likeness (QED) is 0.297. The summed E-state index contributed by atoms with van der Waals surface area (Å²) in [6.45, 7) is 2.18. The van der Waals surface area contributed by atoms with Gasteiger partial charge in [-0.2, -0.15) is 0 Å². The molecule has 1 saturated heterocycles. The van der Waals surface area contributed by atoms with Crippen LogP contribution in [-0.4, -0.2) is 64.9 Å². The minimum Gasteiger partial charge on any atom is -0.508 e. The van der Waals surface area contributed by atoms with Crippen molar-refractivity contribution in [3.8, 4) is 16.9 Å². The van der Waals surface area contributed by atoms with E-state index < -0.39 is 17.8 Å². The Morgan fingerprint density at radius 1 is 1.07 bits per heavy atom. The molecule has 10 heteroatoms. The Bertz CT molecular complexity index is 1600. The molecule has 1 unspecified atom stereocenters. The van der Waals surface area contributed by atoms with Crippen LogP contribution < -0.4 is 10.2 Å². The number of aromatic nitrogens is 1. The molecular weight excluding hydrogens is 553 g/mol. The summed E-state index contributed by atoms with van der Waals surface area (Å²) in [5.74, 6) is -1.84. The zero-order valence-electron chi connectivity index (χ0n) is 23.5. The standard InChI is InChI=1S/C32H32FN5O3S/c1-36(2)24-11-14-37(15-12-24)25-8-5-20(6-9-25)21-3-4-22-19-38(31(41)26(22)17-21)29(27-18-23(33)7-10-28(27)39)30(40)35-32-34-13-16-42-32/h3-10,13,16-18,24,29,39H,11-12,14-15,19H2,1-2H3,(H,34,35,40). The Balaban J connectivity index is 1.24. The number of nitrogens with zero attached hydrogens (tertiary/aromatic N) is 4. The Labute approximate surface area is 248 Å². The molecule has 2 aliphatic heterocycles. The summed E-state index contributed by atoms with van der Waals surface area (Å²) < 4.78 is 14.3. The number of aromatic hydroxyl groups is 1. The molecule has 6 rings (SSSR count). The summed E-state index contributed by atoms with van der Waals surface area (Å²) in [5.41, 5.74) is 4.30. The van der Waals surface area contributed by atoms with E-state index in [1.807, 2.05) is 18.2 Å². The number of hydrogen-bond donors (Lipinski definition) is 2. The summed E-state index contributed by atoms with van der Waals surface area (Å²) in [6, 6.07) is 16.8. The number of carbonyl (C=O) groups is 2. The van der Waals surface area contributed by atoms with Gasteiger partial charge in [0.25, 0.3) is 11.8 Å². The third-order valence-electron chi connectivity index (χ3n) is 8.21. The van der Waals surface area contributed by atoms with Crippen molar-refractivity contribution in [2.75, 3.05) is 37.4 Å². The number of benzene rings is 3. The number of nitrogens with one attached hydrogen (secondary N) is 1. The molecule has 2 aliphatic rings. The number of halogens is 1. The van der Waals surface area contributed by atoms with Crippen LogP contribution >= 0.6 is 11.3 Å². The van der Waals surface area contributed by atoms with Gasteiger partial charge in [-0.15, -0.1) is 11.3 Å². The lowest BCUT2D eigenvalue weighted by Gasteiger charge is -2.36. The van der Waals surface area contributed by atoms with E-state index in [2.05, 4.69) is 58.5 Å². The van der Waals surface area contributed by atoms with E-state index in [0.717, 1.165) is 54.8 Å². The topological polar surface area (TPSA) is 89.0 Å². The summed E-state index contributed by atoms with van der Waals surface area (Å²) in [6.07, 6.45) is 3.82. The molecule has 1 fully saturated rings. The fraction of sp³-hybridized carbons (Fsp3) is 0.281. The highest BCUT2D eigenvalue weighted by atomic mass is 32.1. The zero-order chi connectivity index (χ0) is 29.4. The first-order chi connectivity index (χ1) is 20.3. The first kappa shape index (κ1) is 27.9. The first-order valence-electron chi connectivity index (χ1n) is 13.9. The minimum absolute atomic E-state index is 0.00985. The van der Waals surface area contributed by atoms with Gasteiger partial charge in [-0.3, -0.25) is 14.9 Å². The van der Waals surface area contributed by atoms with Crippen molar-refractivity contribution >= 4 is 34.0 Å². The number of thiazole rings is 1. The monoisotopic (exact) mass is 585 g/mol. The van der Waals surface area contributed by atoms with Gasteiger partial charge in [0.15, 0.2) is 5.13 Å². The molecule has 0 aliphatic carbocycles. The second-order valence-corrected chi connectivity index (χ2v) is 11.9. The van der Waals surface area contributed by atoms with Crippen molar-refractivity contribution in [3.05, 3.63) is 94.7 Å². The molecule has 3 aromatic carbocycles. The van der Waals surface area contributed by atoms with Crippen LogP contribution in [0, 0.1) is 5.82 Å². The lowest BCUT2D eigenvalue weighted by molar-refractivity contribution is -0.120. The van der Waals surface area contributed by atoms with E-state index >= 15 is 0 Å². The number of phenolic OH excluding ortho intramolecular Hbond substituents is 1. The maximum atomic E-state index is 14.3. The minimum atomic E-state index is -1.26. The molecule has 1 aromatic heterocycles. The van der Waals surface area contributed by atoms with E-state index in [1.165, 1.54) is 28.0 Å². The Morgan fingerprint density at radius 3 is 2.50 bits per heavy atom. The van der Waals surface area contributed by atoms with Crippen molar-refractivity contribution < 1.29 is 19.1 Å². The van der Waals surface area contributed by atoms with Crippen LogP contribution in [0.4, 0.5) is 15.2 Å². The Hall–Kier alpha value is -4.28. The van der Waals surface area contributed by atoms with E-state index in [9.17, 15) is 19.1 Å². The second kappa shape index (κ2) is 11.5. The van der Waals surface area contributed by atoms with Crippen molar-refractivity contribution in [1.29, 1.82) is 0 Å². The molecule has 0 spiro atoms. The Morgan fingerprint density at radius 2 is 1.81 bits per heavy atom. The van der Waals surface area contributed by atoms with Crippen LogP contribution in [0.3, 0.4) is 0 Å². The van der Waals surface area contributed by atoms with Gasteiger partial charge in [0.2, 0.25) is 0 Å². The molecule has 8 nitrogen and oxygen atoms in total. The molecule has 0 radical (unpaired) electrons. The molecule has 0 saturated carbocycles. The van der Waals surface area contributed by atoms with Gasteiger partial charge >= 0.3 is 0 Å². The van der Waals surface area contributed by atoms with Crippen LogP contribution in [0.2, 0.25) is 0 Å². The summed E-state index contributed by atoms with van der Waals surface area (Å²) in [4.78, 5) is 37.4. The van der Waals surface area contributed by atoms with E-state index in [1.54, 1.807) is 11.6 Å². The number of fused-ring (bicyclic) bond motifs is 1. The molecular formula is C32H32FN5O3S. The van der Waals surface area contributed by atoms with Crippen LogP contribution in [-0.2, 0) is 11.3 Å². The van der Waals surface area contributed by atoms with E-state index in [4.69, 9.17) is 0 Å². The lowest BCUT2D eigenvalue weighted by Crippen LogP contribution is -2.41. The molecule has 42 heavy (non-hydrogen) atoms. The molecule has 1 atom stereocenters. The van der Waals surface area contributed by atoms with E-state index in [0.29, 0.717) is 16.7 Å². The van der Waals surface area contributed by atoms with Gasteiger partial charge in [-0.25, -0.2) is 9.37 Å². The summed E-state index contributed by atoms with van der Waals surface area (Å²) >= 11 is 1.22. The van der Waals surface area contributed by atoms with Gasteiger partial charge < -0.3 is 19.8 Å². The van der Waals surface area contributed by atoms with E-state index in [-0.39, 0.29) is 23.8 Å². The number of rotatable bonds is 7. The highest BCUT2D eigenvalue weighted by Gasteiger charge is 2.39. The van der Waals surface area contributed by atoms with Crippen LogP contribution in [0.1, 0.15) is 40.4 Å². The van der Waals surface area contributed by atoms with Crippen molar-refractivity contribution in [3.63, 3.8) is 0 Å². The van der Waals surface area contributed by atoms with Gasteiger partial charge in [0.1, 0.15) is 17.6 Å². The highest BCUT2D eigenvalue weighted by Crippen LogP contribution is 2.38. The fourth-order valence-electron chi connectivity index (χ4n) is 5.87. The lowest BCUT2D eigenvalue weighted by atomic mass is 9.99. The average Bonchev–Trinajstić information content (AvgIpc) is 3.62. The predicted octanol–water partition coefficient (Wildman–Crippen LogP) is 5.52. The van der Waals surface area contributed by atoms with Crippen LogP contribution in [0.5, 0.6) is 5.75 Å². The van der Waals surface area contributed by atoms with Gasteiger partial charge in [-0.1, -0.05) is 24.3 Å². The Kier molecular flexibility index (Phi) is 7.66. The SMILES string of the molecule is CN(C)C1CCN(c2ccc(-c3ccc4c(c3)C(=O)N(C(C(=O)Nc3nccs3)c3cc(F)ccc3O)C4)cc2)CC1. The molecule has 2 N–H and O–H groups in total. The number of phenols is 1. The third kappa shape index (κ3) is 5.47. The van der Waals surface area contributed by atoms with Gasteiger partial charge in [-0.05, 0) is 80.0 Å². The molecule has 216 valence electrons. The van der Waals surface area contributed by atoms with Gasteiger partial charge in [0, 0.05) is 54.1 Å². The fourth-order valence-corrected chi connectivity index (χ4v) is 6.40. The maximum absolute atomic E-state index is 14.3. The van der Waals surface area contributed by atoms with Crippen molar-refractivity contribution in [2.45, 2.75) is 31.5 Å². The number of carbonyl (C=O) groups excluding carboxylic acids is 2. The number of piperidine rings is 1. The normalized spacial score (nSPS) is 16.1. The molecule has 4 aromatic rings. The highest BCUT2D eigenvalue weighted by molar-refractivity contribution is 7.13.